The number of fused-ring (bicyclic) bond motifs is 5. The first-order valence-electron chi connectivity index (χ1n) is 13.0. The standard InChI is InChI=1S/C21H24FN9O11P2S/c22-10-14-9(40-19(10)30-5-26-11-7(23)1-2-25-16(11)30)4-38-44(36,45)42-15-13(32)8(3-37-43(34,35)41-14)39-20(15)31-6-27-12-17(31)28-21(24)29-18(12)33/h1-2,5-6,8-10,13-15,19-20,32H,3-4H2,(H2,23,25)(H,34,35)(H,36,45)(H3,24,28,29,33)/p-1/t8-,9-,10?,13?,14+,15+,19-,20-,44?/m1/s1. The summed E-state index contributed by atoms with van der Waals surface area (Å²) in [5.41, 5.74) is 11.3. The van der Waals surface area contributed by atoms with E-state index in [9.17, 15) is 24.3 Å². The Labute approximate surface area is 254 Å². The molecular formula is C21H23FN9O11P2S-. The summed E-state index contributed by atoms with van der Waals surface area (Å²) in [6.07, 6.45) is -9.37. The molecule has 45 heavy (non-hydrogen) atoms. The average molecular weight is 690 g/mol. The van der Waals surface area contributed by atoms with Crippen molar-refractivity contribution in [3.8, 4) is 0 Å². The van der Waals surface area contributed by atoms with Gasteiger partial charge in [0.05, 0.1) is 31.6 Å². The van der Waals surface area contributed by atoms with Crippen molar-refractivity contribution >= 4 is 60.3 Å². The molecule has 4 unspecified atom stereocenters. The van der Waals surface area contributed by atoms with Gasteiger partial charge in [-0.25, -0.2) is 23.9 Å². The smallest absolute Gasteiger partial charge is 0.472 e. The van der Waals surface area contributed by atoms with E-state index in [4.69, 9.17) is 50.8 Å². The molecule has 0 radical (unpaired) electrons. The first-order valence-corrected chi connectivity index (χ1v) is 17.1. The number of nitrogen functional groups attached to an aromatic ring is 2. The number of anilines is 2. The largest absolute Gasteiger partial charge is 0.780 e. The number of H-pyrrole nitrogens is 1. The summed E-state index contributed by atoms with van der Waals surface area (Å²) in [5.74, 6) is -0.263. The van der Waals surface area contributed by atoms with E-state index in [-0.39, 0.29) is 34.0 Å². The second-order valence-corrected chi connectivity index (χ2v) is 14.3. The Bertz CT molecular complexity index is 1940. The van der Waals surface area contributed by atoms with Gasteiger partial charge in [-0.2, -0.15) is 4.98 Å². The fourth-order valence-electron chi connectivity index (χ4n) is 5.34. The van der Waals surface area contributed by atoms with Crippen molar-refractivity contribution in [2.75, 3.05) is 24.7 Å². The van der Waals surface area contributed by atoms with E-state index in [1.165, 1.54) is 23.2 Å². The van der Waals surface area contributed by atoms with Crippen molar-refractivity contribution in [2.45, 2.75) is 49.1 Å². The number of alkyl halides is 1. The number of hydrogen-bond donors (Lipinski definition) is 5. The highest BCUT2D eigenvalue weighted by Gasteiger charge is 2.53. The molecule has 0 aliphatic carbocycles. The van der Waals surface area contributed by atoms with Crippen molar-refractivity contribution < 1.29 is 51.4 Å². The highest BCUT2D eigenvalue weighted by Crippen LogP contribution is 2.53. The fraction of sp³-hybridized carbons (Fsp3) is 0.476. The second-order valence-electron chi connectivity index (χ2n) is 10.2. The van der Waals surface area contributed by atoms with Crippen LogP contribution in [-0.2, 0) is 43.9 Å². The van der Waals surface area contributed by atoms with Crippen molar-refractivity contribution in [3.63, 3.8) is 0 Å². The SMILES string of the molecule is Nc1nc2c(ncn2[C@@H]2O[C@@H]3COP(=O)(O)O[C@@H]4C(F)[C@H](n5cnc6c(N)ccnc65)O[C@@H]4COP([O-])(=S)O[C@H]2C3O)c(=O)[nH]1. The predicted octanol–water partition coefficient (Wildman–Crippen LogP) is -1.27. The van der Waals surface area contributed by atoms with Crippen LogP contribution >= 0.6 is 14.5 Å². The molecule has 24 heteroatoms. The molecule has 2 bridgehead atoms. The molecule has 4 aromatic heterocycles. The minimum atomic E-state index is -5.10. The van der Waals surface area contributed by atoms with Gasteiger partial charge in [-0.3, -0.25) is 28.0 Å². The molecule has 3 saturated heterocycles. The molecule has 0 aromatic carbocycles. The first kappa shape index (κ1) is 30.7. The monoisotopic (exact) mass is 690 g/mol. The van der Waals surface area contributed by atoms with Gasteiger partial charge in [-0.15, -0.1) is 0 Å². The maximum atomic E-state index is 15.9. The summed E-state index contributed by atoms with van der Waals surface area (Å²) < 4.78 is 64.1. The van der Waals surface area contributed by atoms with Crippen LogP contribution in [0.5, 0.6) is 0 Å². The van der Waals surface area contributed by atoms with Crippen LogP contribution in [0.1, 0.15) is 12.5 Å². The van der Waals surface area contributed by atoms with E-state index in [0.717, 1.165) is 10.9 Å². The van der Waals surface area contributed by atoms with E-state index in [2.05, 4.69) is 24.9 Å². The number of imidazole rings is 2. The lowest BCUT2D eigenvalue weighted by molar-refractivity contribution is -0.218. The molecule has 7 heterocycles. The number of halogens is 1. The third kappa shape index (κ3) is 5.45. The Morgan fingerprint density at radius 1 is 1.02 bits per heavy atom. The van der Waals surface area contributed by atoms with Gasteiger partial charge in [0.2, 0.25) is 5.95 Å². The Hall–Kier alpha value is -2.98. The zero-order valence-corrected chi connectivity index (χ0v) is 25.0. The number of aromatic nitrogens is 7. The van der Waals surface area contributed by atoms with Gasteiger partial charge in [-0.05, 0) is 6.07 Å². The highest BCUT2D eigenvalue weighted by molar-refractivity contribution is 8.06. The number of phosphoric acid groups is 1. The minimum absolute atomic E-state index is 0.0912. The maximum Gasteiger partial charge on any atom is 0.472 e. The molecule has 0 saturated carbocycles. The third-order valence-corrected chi connectivity index (χ3v) is 9.90. The number of hydrogen-bond acceptors (Lipinski definition) is 17. The van der Waals surface area contributed by atoms with E-state index in [0.29, 0.717) is 0 Å². The topological polar surface area (TPSA) is 282 Å². The normalized spacial score (nSPS) is 37.7. The molecule has 242 valence electrons. The van der Waals surface area contributed by atoms with Crippen molar-refractivity contribution in [3.05, 3.63) is 35.3 Å². The summed E-state index contributed by atoms with van der Waals surface area (Å²) in [4.78, 5) is 54.9. The fourth-order valence-corrected chi connectivity index (χ4v) is 7.69. The number of aliphatic hydroxyl groups is 1. The molecule has 3 aliphatic heterocycles. The van der Waals surface area contributed by atoms with Crippen LogP contribution < -0.4 is 21.9 Å². The molecule has 0 amide bonds. The van der Waals surface area contributed by atoms with Crippen LogP contribution in [0.2, 0.25) is 0 Å². The predicted molar refractivity (Wildman–Crippen MR) is 149 cm³/mol. The van der Waals surface area contributed by atoms with Crippen LogP contribution in [0, 0.1) is 0 Å². The molecule has 4 aromatic rings. The number of rotatable bonds is 2. The zero-order valence-electron chi connectivity index (χ0n) is 22.4. The van der Waals surface area contributed by atoms with Crippen LogP contribution in [0.15, 0.2) is 29.7 Å². The van der Waals surface area contributed by atoms with Crippen LogP contribution in [0.3, 0.4) is 0 Å². The van der Waals surface area contributed by atoms with Gasteiger partial charge in [0.15, 0.2) is 35.4 Å². The van der Waals surface area contributed by atoms with Gasteiger partial charge in [-0.1, -0.05) is 11.8 Å². The summed E-state index contributed by atoms with van der Waals surface area (Å²) in [6, 6.07) is 1.49. The van der Waals surface area contributed by atoms with Crippen molar-refractivity contribution in [1.82, 2.24) is 34.1 Å². The quantitative estimate of drug-likeness (QED) is 0.153. The van der Waals surface area contributed by atoms with Crippen LogP contribution in [0.25, 0.3) is 22.3 Å². The van der Waals surface area contributed by atoms with E-state index in [1.807, 2.05) is 0 Å². The van der Waals surface area contributed by atoms with E-state index >= 15 is 4.39 Å². The minimum Gasteiger partial charge on any atom is -0.780 e. The number of nitrogens with two attached hydrogens (primary N) is 2. The number of phosphoric ester groups is 1. The van der Waals surface area contributed by atoms with Crippen molar-refractivity contribution in [1.29, 1.82) is 0 Å². The molecule has 20 nitrogen and oxygen atoms in total. The van der Waals surface area contributed by atoms with Crippen LogP contribution in [0.4, 0.5) is 16.0 Å². The Morgan fingerprint density at radius 2 is 1.71 bits per heavy atom. The maximum absolute atomic E-state index is 15.9. The van der Waals surface area contributed by atoms with E-state index in [1.54, 1.807) is 0 Å². The summed E-state index contributed by atoms with van der Waals surface area (Å²) in [6.45, 7) is -6.12. The van der Waals surface area contributed by atoms with Gasteiger partial charge >= 0.3 is 7.82 Å². The van der Waals surface area contributed by atoms with E-state index < -0.39 is 82.5 Å². The third-order valence-electron chi connectivity index (χ3n) is 7.38. The lowest BCUT2D eigenvalue weighted by Gasteiger charge is -2.34. The molecule has 7 rings (SSSR count). The molecule has 0 spiro atoms. The number of nitrogens with zero attached hydrogens (tertiary/aromatic N) is 6. The number of aromatic amines is 1. The first-order chi connectivity index (χ1) is 21.3. The average Bonchev–Trinajstić information content (AvgIpc) is 3.72. The number of ether oxygens (including phenoxy) is 2. The zero-order chi connectivity index (χ0) is 31.8. The molecule has 3 aliphatic rings. The number of nitrogens with one attached hydrogen (secondary N) is 1. The van der Waals surface area contributed by atoms with Gasteiger partial charge in [0, 0.05) is 6.20 Å². The summed E-state index contributed by atoms with van der Waals surface area (Å²) in [5, 5.41) is 11.0. The molecule has 10 atom stereocenters. The number of aliphatic hydroxyl groups excluding tert-OH is 1. The Morgan fingerprint density at radius 3 is 2.49 bits per heavy atom. The molecule has 3 fully saturated rings. The van der Waals surface area contributed by atoms with Crippen molar-refractivity contribution in [2.24, 2.45) is 0 Å². The Kier molecular flexibility index (Phi) is 7.55. The van der Waals surface area contributed by atoms with Crippen LogP contribution in [-0.4, -0.2) is 94.0 Å². The van der Waals surface area contributed by atoms with Gasteiger partial charge in [0.25, 0.3) is 5.56 Å². The van der Waals surface area contributed by atoms with Gasteiger partial charge < -0.3 is 44.9 Å². The molecular weight excluding hydrogens is 667 g/mol. The summed E-state index contributed by atoms with van der Waals surface area (Å²) in [7, 11) is -5.10. The number of pyridine rings is 1. The lowest BCUT2D eigenvalue weighted by Crippen LogP contribution is -2.36. The lowest BCUT2D eigenvalue weighted by atomic mass is 10.1. The molecule has 7 N–H and O–H groups in total. The van der Waals surface area contributed by atoms with Gasteiger partial charge in [0.1, 0.15) is 42.8 Å². The Balaban J connectivity index is 1.21. The summed E-state index contributed by atoms with van der Waals surface area (Å²) >= 11 is 5.08. The second kappa shape index (κ2) is 11.1. The highest BCUT2D eigenvalue weighted by atomic mass is 32.5.